The molecule has 0 unspecified atom stereocenters. The number of benzene rings is 2. The number of non-ortho nitro benzene ring substituents is 1. The molecule has 2 rings (SSSR count). The van der Waals surface area contributed by atoms with Crippen molar-refractivity contribution in [3.05, 3.63) is 64.0 Å². The zero-order chi connectivity index (χ0) is 13.8. The molecule has 0 heterocycles. The lowest BCUT2D eigenvalue weighted by Gasteiger charge is -2.06. The first-order valence-corrected chi connectivity index (χ1v) is 5.30. The minimum Gasteiger partial charge on any atom is -0.355 e. The van der Waals surface area contributed by atoms with Gasteiger partial charge in [0.15, 0.2) is 0 Å². The lowest BCUT2D eigenvalue weighted by atomic mass is 10.2. The van der Waals surface area contributed by atoms with Crippen LogP contribution in [0.2, 0.25) is 0 Å². The molecule has 0 amide bonds. The van der Waals surface area contributed by atoms with Gasteiger partial charge in [-0.3, -0.25) is 10.1 Å². The van der Waals surface area contributed by atoms with E-state index in [-0.39, 0.29) is 11.4 Å². The normalized spacial score (nSPS) is 9.68. The van der Waals surface area contributed by atoms with Crippen LogP contribution in [0, 0.1) is 27.3 Å². The summed E-state index contributed by atoms with van der Waals surface area (Å²) in [6.45, 7) is 0. The molecule has 0 saturated carbocycles. The molecular formula is C13H8FN3O2. The molecule has 0 aliphatic rings. The first-order valence-electron chi connectivity index (χ1n) is 5.30. The average Bonchev–Trinajstić information content (AvgIpc) is 2.38. The number of hydrogen-bond donors (Lipinski definition) is 1. The molecule has 0 aliphatic carbocycles. The quantitative estimate of drug-likeness (QED) is 0.675. The number of anilines is 2. The van der Waals surface area contributed by atoms with E-state index in [1.54, 1.807) is 24.3 Å². The van der Waals surface area contributed by atoms with Gasteiger partial charge in [0, 0.05) is 17.4 Å². The molecule has 1 N–H and O–H groups in total. The van der Waals surface area contributed by atoms with E-state index in [0.29, 0.717) is 11.3 Å². The highest BCUT2D eigenvalue weighted by molar-refractivity contribution is 5.63. The summed E-state index contributed by atoms with van der Waals surface area (Å²) >= 11 is 0. The van der Waals surface area contributed by atoms with Crippen molar-refractivity contribution >= 4 is 17.1 Å². The summed E-state index contributed by atoms with van der Waals surface area (Å²) in [4.78, 5) is 9.96. The Kier molecular flexibility index (Phi) is 3.39. The fourth-order valence-electron chi connectivity index (χ4n) is 1.58. The molecule has 0 aliphatic heterocycles. The molecule has 2 aromatic rings. The number of nitrogens with zero attached hydrogens (tertiary/aromatic N) is 2. The van der Waals surface area contributed by atoms with Crippen LogP contribution in [-0.4, -0.2) is 4.92 Å². The van der Waals surface area contributed by atoms with E-state index in [4.69, 9.17) is 5.26 Å². The number of rotatable bonds is 3. The molecule has 0 aromatic heterocycles. The van der Waals surface area contributed by atoms with Gasteiger partial charge in [-0.2, -0.15) is 5.26 Å². The summed E-state index contributed by atoms with van der Waals surface area (Å²) in [6.07, 6.45) is 0. The Labute approximate surface area is 108 Å². The number of nitro benzene ring substituents is 1. The molecule has 0 bridgehead atoms. The zero-order valence-electron chi connectivity index (χ0n) is 9.63. The van der Waals surface area contributed by atoms with Crippen molar-refractivity contribution in [2.75, 3.05) is 5.32 Å². The fraction of sp³-hybridized carbons (Fsp3) is 0. The summed E-state index contributed by atoms with van der Waals surface area (Å²) in [6, 6.07) is 11.7. The third-order valence-corrected chi connectivity index (χ3v) is 2.37. The van der Waals surface area contributed by atoms with Crippen LogP contribution in [0.5, 0.6) is 0 Å². The minimum atomic E-state index is -0.701. The summed E-state index contributed by atoms with van der Waals surface area (Å²) in [7, 11) is 0. The van der Waals surface area contributed by atoms with E-state index in [1.165, 1.54) is 6.07 Å². The number of nitrogens with one attached hydrogen (secondary N) is 1. The van der Waals surface area contributed by atoms with Gasteiger partial charge in [-0.05, 0) is 24.3 Å². The topological polar surface area (TPSA) is 79.0 Å². The summed E-state index contributed by atoms with van der Waals surface area (Å²) < 4.78 is 13.2. The second kappa shape index (κ2) is 5.14. The first kappa shape index (κ1) is 12.5. The van der Waals surface area contributed by atoms with Crippen LogP contribution in [0.15, 0.2) is 42.5 Å². The van der Waals surface area contributed by atoms with Gasteiger partial charge in [0.1, 0.15) is 5.82 Å². The largest absolute Gasteiger partial charge is 0.355 e. The molecular weight excluding hydrogens is 249 g/mol. The van der Waals surface area contributed by atoms with Crippen molar-refractivity contribution in [3.8, 4) is 6.07 Å². The Morgan fingerprint density at radius 2 is 2.00 bits per heavy atom. The van der Waals surface area contributed by atoms with Gasteiger partial charge in [-0.25, -0.2) is 4.39 Å². The van der Waals surface area contributed by atoms with Crippen molar-refractivity contribution in [3.63, 3.8) is 0 Å². The van der Waals surface area contributed by atoms with Crippen LogP contribution in [0.4, 0.5) is 21.5 Å². The standard InChI is InChI=1S/C13H8FN3O2/c14-10-5-12(7-13(6-10)17(18)19)16-11-3-1-2-9(4-11)8-15/h1-7,16H. The number of nitriles is 1. The van der Waals surface area contributed by atoms with Crippen molar-refractivity contribution in [1.82, 2.24) is 0 Å². The predicted molar refractivity (Wildman–Crippen MR) is 67.5 cm³/mol. The summed E-state index contributed by atoms with van der Waals surface area (Å²) in [5, 5.41) is 22.2. The smallest absolute Gasteiger partial charge is 0.274 e. The fourth-order valence-corrected chi connectivity index (χ4v) is 1.58. The van der Waals surface area contributed by atoms with Gasteiger partial charge < -0.3 is 5.32 Å². The van der Waals surface area contributed by atoms with Gasteiger partial charge >= 0.3 is 0 Å². The maximum atomic E-state index is 13.2. The van der Waals surface area contributed by atoms with Crippen LogP contribution < -0.4 is 5.32 Å². The van der Waals surface area contributed by atoms with Gasteiger partial charge in [0.05, 0.1) is 22.6 Å². The Morgan fingerprint density at radius 1 is 1.21 bits per heavy atom. The van der Waals surface area contributed by atoms with E-state index in [1.807, 2.05) is 6.07 Å². The van der Waals surface area contributed by atoms with Gasteiger partial charge in [-0.15, -0.1) is 0 Å². The van der Waals surface area contributed by atoms with E-state index >= 15 is 0 Å². The number of nitro groups is 1. The van der Waals surface area contributed by atoms with Crippen LogP contribution >= 0.6 is 0 Å². The third-order valence-electron chi connectivity index (χ3n) is 2.37. The van der Waals surface area contributed by atoms with Crippen LogP contribution in [0.25, 0.3) is 0 Å². The van der Waals surface area contributed by atoms with Crippen molar-refractivity contribution in [1.29, 1.82) is 5.26 Å². The molecule has 19 heavy (non-hydrogen) atoms. The highest BCUT2D eigenvalue weighted by Gasteiger charge is 2.09. The highest BCUT2D eigenvalue weighted by atomic mass is 19.1. The van der Waals surface area contributed by atoms with Gasteiger partial charge in [0.2, 0.25) is 0 Å². The predicted octanol–water partition coefficient (Wildman–Crippen LogP) is 3.35. The molecule has 0 saturated heterocycles. The lowest BCUT2D eigenvalue weighted by Crippen LogP contribution is -1.95. The third kappa shape index (κ3) is 3.04. The zero-order valence-corrected chi connectivity index (χ0v) is 9.63. The average molecular weight is 257 g/mol. The van der Waals surface area contributed by atoms with Crippen molar-refractivity contribution in [2.24, 2.45) is 0 Å². The summed E-state index contributed by atoms with van der Waals surface area (Å²) in [5.74, 6) is -0.701. The molecule has 6 heteroatoms. The second-order valence-electron chi connectivity index (χ2n) is 3.77. The number of halogens is 1. The maximum Gasteiger partial charge on any atom is 0.274 e. The maximum absolute atomic E-state index is 13.2. The van der Waals surface area contributed by atoms with E-state index in [9.17, 15) is 14.5 Å². The van der Waals surface area contributed by atoms with Crippen LogP contribution in [0.3, 0.4) is 0 Å². The van der Waals surface area contributed by atoms with Crippen molar-refractivity contribution < 1.29 is 9.31 Å². The number of hydrogen-bond acceptors (Lipinski definition) is 4. The molecule has 2 aromatic carbocycles. The highest BCUT2D eigenvalue weighted by Crippen LogP contribution is 2.23. The van der Waals surface area contributed by atoms with Gasteiger partial charge in [-0.1, -0.05) is 6.07 Å². The second-order valence-corrected chi connectivity index (χ2v) is 3.77. The molecule has 94 valence electrons. The Balaban J connectivity index is 2.33. The van der Waals surface area contributed by atoms with E-state index in [2.05, 4.69) is 5.32 Å². The Hall–Kier alpha value is -2.94. The molecule has 5 nitrogen and oxygen atoms in total. The molecule has 0 spiro atoms. The lowest BCUT2D eigenvalue weighted by molar-refractivity contribution is -0.385. The van der Waals surface area contributed by atoms with E-state index < -0.39 is 10.7 Å². The Bertz CT molecular complexity index is 680. The molecule has 0 fully saturated rings. The molecule has 0 atom stereocenters. The van der Waals surface area contributed by atoms with Gasteiger partial charge in [0.25, 0.3) is 5.69 Å². The molecule has 0 radical (unpaired) electrons. The van der Waals surface area contributed by atoms with Crippen LogP contribution in [-0.2, 0) is 0 Å². The van der Waals surface area contributed by atoms with E-state index in [0.717, 1.165) is 12.1 Å². The van der Waals surface area contributed by atoms with Crippen LogP contribution in [0.1, 0.15) is 5.56 Å². The Morgan fingerprint density at radius 3 is 2.68 bits per heavy atom. The first-order chi connectivity index (χ1) is 9.08. The summed E-state index contributed by atoms with van der Waals surface area (Å²) in [5.41, 5.74) is 0.913. The van der Waals surface area contributed by atoms with Crippen molar-refractivity contribution in [2.45, 2.75) is 0 Å². The monoisotopic (exact) mass is 257 g/mol. The minimum absolute atomic E-state index is 0.252. The SMILES string of the molecule is N#Cc1cccc(Nc2cc(F)cc([N+](=O)[O-])c2)c1.